The first kappa shape index (κ1) is 9.57. The summed E-state index contributed by atoms with van der Waals surface area (Å²) < 4.78 is 36.8. The van der Waals surface area contributed by atoms with E-state index in [9.17, 15) is 12.9 Å². The van der Waals surface area contributed by atoms with E-state index in [1.807, 2.05) is 0 Å². The maximum Gasteiger partial charge on any atom is 0.527 e. The average Bonchev–Trinajstić information content (AvgIpc) is 1.92. The Hall–Kier alpha value is -0.515. The van der Waals surface area contributed by atoms with Gasteiger partial charge in [0.25, 0.3) is 0 Å². The standard InChI is InChI=1S/C6H5BBrF3N/c1-4-5(8)2-3-6(12-4)7(9,10)11/h2-3H,1H3/q-1. The Kier molecular flexibility index (Phi) is 2.46. The summed E-state index contributed by atoms with van der Waals surface area (Å²) in [7, 11) is 0. The molecular weight excluding hydrogens is 234 g/mol. The molecule has 0 saturated carbocycles. The highest BCUT2D eigenvalue weighted by atomic mass is 79.9. The van der Waals surface area contributed by atoms with Gasteiger partial charge in [-0.05, 0) is 34.5 Å². The summed E-state index contributed by atoms with van der Waals surface area (Å²) >= 11 is 3.07. The molecule has 6 heteroatoms. The van der Waals surface area contributed by atoms with Gasteiger partial charge in [-0.2, -0.15) is 0 Å². The molecule has 0 radical (unpaired) electrons. The van der Waals surface area contributed by atoms with Gasteiger partial charge in [-0.25, -0.2) is 0 Å². The fourth-order valence-electron chi connectivity index (χ4n) is 0.746. The molecule has 0 fully saturated rings. The molecule has 1 heterocycles. The minimum Gasteiger partial charge on any atom is -0.444 e. The van der Waals surface area contributed by atoms with Crippen LogP contribution in [0.1, 0.15) is 5.69 Å². The van der Waals surface area contributed by atoms with E-state index in [1.54, 1.807) is 0 Å². The minimum atomic E-state index is -4.97. The van der Waals surface area contributed by atoms with Crippen LogP contribution in [0.25, 0.3) is 0 Å². The molecule has 1 aromatic heterocycles. The van der Waals surface area contributed by atoms with Crippen LogP contribution in [0.5, 0.6) is 0 Å². The third-order valence-corrected chi connectivity index (χ3v) is 2.22. The fraction of sp³-hybridized carbons (Fsp3) is 0.167. The molecule has 0 unspecified atom stereocenters. The number of pyridine rings is 1. The fourth-order valence-corrected chi connectivity index (χ4v) is 0.967. The molecule has 0 bridgehead atoms. The van der Waals surface area contributed by atoms with Crippen molar-refractivity contribution >= 4 is 28.5 Å². The Morgan fingerprint density at radius 3 is 2.33 bits per heavy atom. The number of hydrogen-bond acceptors (Lipinski definition) is 1. The van der Waals surface area contributed by atoms with Crippen LogP contribution in [0.15, 0.2) is 16.6 Å². The van der Waals surface area contributed by atoms with Gasteiger partial charge in [-0.15, -0.1) is 0 Å². The third-order valence-electron chi connectivity index (χ3n) is 1.38. The normalized spacial score (nSPS) is 11.8. The number of hydrogen-bond donors (Lipinski definition) is 0. The van der Waals surface area contributed by atoms with Crippen molar-refractivity contribution in [1.82, 2.24) is 4.98 Å². The molecule has 0 amide bonds. The summed E-state index contributed by atoms with van der Waals surface area (Å²) in [5.41, 5.74) is -0.442. The second-order valence-corrected chi connectivity index (χ2v) is 3.23. The van der Waals surface area contributed by atoms with Gasteiger partial charge in [0, 0.05) is 10.2 Å². The van der Waals surface area contributed by atoms with Crippen molar-refractivity contribution in [2.75, 3.05) is 0 Å². The Balaban J connectivity index is 3.14. The summed E-state index contributed by atoms with van der Waals surface area (Å²) in [5, 5.41) is 0. The van der Waals surface area contributed by atoms with Crippen molar-refractivity contribution in [2.45, 2.75) is 6.92 Å². The highest BCUT2D eigenvalue weighted by Gasteiger charge is 2.27. The van der Waals surface area contributed by atoms with Gasteiger partial charge < -0.3 is 12.9 Å². The number of rotatable bonds is 1. The molecule has 1 nitrogen and oxygen atoms in total. The van der Waals surface area contributed by atoms with E-state index in [0.29, 0.717) is 10.2 Å². The van der Waals surface area contributed by atoms with Crippen LogP contribution < -0.4 is 5.59 Å². The molecule has 0 spiro atoms. The lowest BCUT2D eigenvalue weighted by atomic mass is 9.85. The summed E-state index contributed by atoms with van der Waals surface area (Å²) in [6, 6.07) is 2.32. The predicted molar refractivity (Wildman–Crippen MR) is 45.4 cm³/mol. The van der Waals surface area contributed by atoms with Gasteiger partial charge in [0.15, 0.2) is 0 Å². The smallest absolute Gasteiger partial charge is 0.444 e. The van der Waals surface area contributed by atoms with Crippen LogP contribution in [0.2, 0.25) is 0 Å². The number of aromatic nitrogens is 1. The molecular formula is C6H5BBrF3N-. The van der Waals surface area contributed by atoms with Crippen LogP contribution >= 0.6 is 15.9 Å². The Morgan fingerprint density at radius 1 is 1.33 bits per heavy atom. The van der Waals surface area contributed by atoms with Gasteiger partial charge in [0.1, 0.15) is 0 Å². The second-order valence-electron chi connectivity index (χ2n) is 2.38. The zero-order valence-electron chi connectivity index (χ0n) is 6.19. The zero-order chi connectivity index (χ0) is 9.35. The summed E-state index contributed by atoms with van der Waals surface area (Å²) in [4.78, 5) is 3.40. The zero-order valence-corrected chi connectivity index (χ0v) is 7.78. The van der Waals surface area contributed by atoms with Crippen molar-refractivity contribution in [1.29, 1.82) is 0 Å². The molecule has 0 atom stereocenters. The molecule has 0 N–H and O–H groups in total. The first-order valence-electron chi connectivity index (χ1n) is 3.24. The van der Waals surface area contributed by atoms with Gasteiger partial charge in [0.2, 0.25) is 0 Å². The second kappa shape index (κ2) is 3.09. The monoisotopic (exact) mass is 238 g/mol. The third kappa shape index (κ3) is 2.00. The lowest BCUT2D eigenvalue weighted by molar-refractivity contribution is 0.498. The van der Waals surface area contributed by atoms with E-state index in [-0.39, 0.29) is 0 Å². The van der Waals surface area contributed by atoms with Crippen LogP contribution in [-0.2, 0) is 0 Å². The van der Waals surface area contributed by atoms with E-state index in [2.05, 4.69) is 20.9 Å². The lowest BCUT2D eigenvalue weighted by Crippen LogP contribution is -2.36. The first-order chi connectivity index (χ1) is 5.41. The summed E-state index contributed by atoms with van der Waals surface area (Å²) in [6.07, 6.45) is 0. The molecule has 1 aromatic rings. The van der Waals surface area contributed by atoms with Crippen LogP contribution in [0, 0.1) is 6.92 Å². The Bertz CT molecular complexity index is 299. The van der Waals surface area contributed by atoms with E-state index in [0.717, 1.165) is 6.07 Å². The maximum absolute atomic E-state index is 12.1. The number of aryl methyl sites for hydroxylation is 1. The molecule has 12 heavy (non-hydrogen) atoms. The number of nitrogens with zero attached hydrogens (tertiary/aromatic N) is 1. The average molecular weight is 239 g/mol. The molecule has 0 saturated heterocycles. The van der Waals surface area contributed by atoms with E-state index in [1.165, 1.54) is 13.0 Å². The highest BCUT2D eigenvalue weighted by molar-refractivity contribution is 9.10. The van der Waals surface area contributed by atoms with E-state index < -0.39 is 12.6 Å². The van der Waals surface area contributed by atoms with Crippen molar-refractivity contribution < 1.29 is 12.9 Å². The summed E-state index contributed by atoms with van der Waals surface area (Å²) in [6.45, 7) is -3.45. The largest absolute Gasteiger partial charge is 0.527 e. The maximum atomic E-state index is 12.1. The number of halogens is 4. The Labute approximate surface area is 76.2 Å². The predicted octanol–water partition coefficient (Wildman–Crippen LogP) is 2.21. The molecule has 66 valence electrons. The van der Waals surface area contributed by atoms with E-state index >= 15 is 0 Å². The first-order valence-corrected chi connectivity index (χ1v) is 4.03. The van der Waals surface area contributed by atoms with Crippen LogP contribution in [-0.4, -0.2) is 12.0 Å². The molecule has 1 rings (SSSR count). The molecule has 0 aliphatic heterocycles. The van der Waals surface area contributed by atoms with Gasteiger partial charge in [-0.1, -0.05) is 6.07 Å². The minimum absolute atomic E-state index is 0.353. The van der Waals surface area contributed by atoms with Gasteiger partial charge in [-0.3, -0.25) is 4.98 Å². The van der Waals surface area contributed by atoms with Gasteiger partial charge in [0.05, 0.1) is 0 Å². The van der Waals surface area contributed by atoms with Crippen molar-refractivity contribution in [3.63, 3.8) is 0 Å². The SMILES string of the molecule is Cc1nc([B-](F)(F)F)ccc1Br. The van der Waals surface area contributed by atoms with Crippen molar-refractivity contribution in [3.8, 4) is 0 Å². The lowest BCUT2D eigenvalue weighted by Gasteiger charge is -2.14. The highest BCUT2D eigenvalue weighted by Crippen LogP contribution is 2.14. The van der Waals surface area contributed by atoms with Crippen molar-refractivity contribution in [2.24, 2.45) is 0 Å². The van der Waals surface area contributed by atoms with Crippen LogP contribution in [0.3, 0.4) is 0 Å². The van der Waals surface area contributed by atoms with E-state index in [4.69, 9.17) is 0 Å². The summed E-state index contributed by atoms with van der Waals surface area (Å²) in [5.74, 6) is 0. The van der Waals surface area contributed by atoms with Crippen molar-refractivity contribution in [3.05, 3.63) is 22.3 Å². The topological polar surface area (TPSA) is 12.9 Å². The van der Waals surface area contributed by atoms with Gasteiger partial charge >= 0.3 is 6.98 Å². The molecule has 0 aliphatic rings. The quantitative estimate of drug-likeness (QED) is 0.684. The van der Waals surface area contributed by atoms with Crippen LogP contribution in [0.4, 0.5) is 12.9 Å². The molecule has 0 aromatic carbocycles. The Morgan fingerprint density at radius 2 is 1.92 bits per heavy atom. The molecule has 0 aliphatic carbocycles.